The molecule has 0 bridgehead atoms. The fourth-order valence-corrected chi connectivity index (χ4v) is 2.77. The lowest BCUT2D eigenvalue weighted by molar-refractivity contribution is -0.118. The molecule has 0 saturated carbocycles. The van der Waals surface area contributed by atoms with E-state index in [2.05, 4.69) is 15.2 Å². The third-order valence-corrected chi connectivity index (χ3v) is 4.17. The first-order chi connectivity index (χ1) is 11.6. The average Bonchev–Trinajstić information content (AvgIpc) is 3.11. The van der Waals surface area contributed by atoms with Crippen molar-refractivity contribution in [2.75, 3.05) is 29.9 Å². The summed E-state index contributed by atoms with van der Waals surface area (Å²) in [5.74, 6) is 1.49. The summed E-state index contributed by atoms with van der Waals surface area (Å²) in [4.78, 5) is 19.0. The summed E-state index contributed by atoms with van der Waals surface area (Å²) in [7, 11) is 0. The minimum absolute atomic E-state index is 0.0175. The number of hydrogen-bond donors (Lipinski definition) is 1. The number of amides is 1. The van der Waals surface area contributed by atoms with E-state index in [-0.39, 0.29) is 12.5 Å². The van der Waals surface area contributed by atoms with E-state index in [1.165, 1.54) is 12.8 Å². The Balaban J connectivity index is 1.56. The number of benzene rings is 1. The Kier molecular flexibility index (Phi) is 4.99. The van der Waals surface area contributed by atoms with E-state index < -0.39 is 0 Å². The van der Waals surface area contributed by atoms with Gasteiger partial charge in [-0.3, -0.25) is 4.79 Å². The van der Waals surface area contributed by atoms with Gasteiger partial charge in [-0.05, 0) is 51.0 Å². The van der Waals surface area contributed by atoms with Gasteiger partial charge in [-0.2, -0.15) is 0 Å². The predicted molar refractivity (Wildman–Crippen MR) is 95.7 cm³/mol. The maximum absolute atomic E-state index is 12.1. The number of aromatic nitrogens is 1. The fourth-order valence-electron chi connectivity index (χ4n) is 2.77. The molecule has 1 aliphatic rings. The van der Waals surface area contributed by atoms with Crippen molar-refractivity contribution in [3.63, 3.8) is 0 Å². The van der Waals surface area contributed by atoms with Crippen LogP contribution < -0.4 is 15.0 Å². The van der Waals surface area contributed by atoms with Gasteiger partial charge >= 0.3 is 0 Å². The fraction of sp³-hybridized carbons (Fsp3) is 0.368. The van der Waals surface area contributed by atoms with Gasteiger partial charge in [-0.15, -0.1) is 0 Å². The van der Waals surface area contributed by atoms with E-state index in [1.807, 2.05) is 50.2 Å². The van der Waals surface area contributed by atoms with Crippen LogP contribution in [0.5, 0.6) is 5.75 Å². The summed E-state index contributed by atoms with van der Waals surface area (Å²) < 4.78 is 5.50. The third kappa shape index (κ3) is 4.04. The molecule has 1 aromatic carbocycles. The molecule has 2 aromatic rings. The number of rotatable bonds is 5. The van der Waals surface area contributed by atoms with Crippen molar-refractivity contribution in [1.29, 1.82) is 0 Å². The Bertz CT molecular complexity index is 707. The molecule has 3 rings (SSSR count). The second kappa shape index (κ2) is 7.34. The summed E-state index contributed by atoms with van der Waals surface area (Å²) in [5, 5.41) is 2.86. The second-order valence-corrected chi connectivity index (χ2v) is 6.15. The molecule has 1 aliphatic heterocycles. The first-order valence-corrected chi connectivity index (χ1v) is 8.34. The Morgan fingerprint density at radius 1 is 1.12 bits per heavy atom. The Hall–Kier alpha value is -2.56. The largest absolute Gasteiger partial charge is 0.484 e. The summed E-state index contributed by atoms with van der Waals surface area (Å²) >= 11 is 0. The summed E-state index contributed by atoms with van der Waals surface area (Å²) in [6.07, 6.45) is 2.44. The lowest BCUT2D eigenvalue weighted by Crippen LogP contribution is -2.22. The number of carbonyl (C=O) groups is 1. The van der Waals surface area contributed by atoms with E-state index in [1.54, 1.807) is 0 Å². The van der Waals surface area contributed by atoms with Gasteiger partial charge in [0.15, 0.2) is 6.61 Å². The van der Waals surface area contributed by atoms with Gasteiger partial charge in [0.2, 0.25) is 0 Å². The number of carbonyl (C=O) groups excluding carboxylic acids is 1. The Morgan fingerprint density at radius 2 is 1.83 bits per heavy atom. The van der Waals surface area contributed by atoms with Crippen molar-refractivity contribution in [2.45, 2.75) is 26.7 Å². The number of aryl methyl sites for hydroxylation is 2. The standard InChI is InChI=1S/C19H23N3O2/c1-14-5-7-16(8-6-14)24-13-19(23)21-17-9-10-18(20-15(17)2)22-11-3-4-12-22/h5-10H,3-4,11-13H2,1-2H3,(H,21,23). The molecule has 1 amide bonds. The van der Waals surface area contributed by atoms with E-state index in [4.69, 9.17) is 4.74 Å². The van der Waals surface area contributed by atoms with Crippen LogP contribution in [0, 0.1) is 13.8 Å². The zero-order valence-corrected chi connectivity index (χ0v) is 14.2. The molecule has 0 unspecified atom stereocenters. The highest BCUT2D eigenvalue weighted by molar-refractivity contribution is 5.92. The molecule has 1 saturated heterocycles. The van der Waals surface area contributed by atoms with Gasteiger partial charge in [0.25, 0.3) is 5.91 Å². The molecular formula is C19H23N3O2. The molecule has 5 nitrogen and oxygen atoms in total. The van der Waals surface area contributed by atoms with Crippen LogP contribution >= 0.6 is 0 Å². The van der Waals surface area contributed by atoms with Crippen LogP contribution in [0.2, 0.25) is 0 Å². The molecule has 126 valence electrons. The van der Waals surface area contributed by atoms with Crippen molar-refractivity contribution in [3.8, 4) is 5.75 Å². The molecule has 0 aliphatic carbocycles. The molecule has 2 heterocycles. The van der Waals surface area contributed by atoms with Gasteiger partial charge in [0.1, 0.15) is 11.6 Å². The molecule has 1 aromatic heterocycles. The number of pyridine rings is 1. The summed E-state index contributed by atoms with van der Waals surface area (Å²) in [6.45, 7) is 6.02. The quantitative estimate of drug-likeness (QED) is 0.916. The zero-order chi connectivity index (χ0) is 16.9. The van der Waals surface area contributed by atoms with E-state index in [9.17, 15) is 4.79 Å². The number of nitrogens with one attached hydrogen (secondary N) is 1. The zero-order valence-electron chi connectivity index (χ0n) is 14.2. The monoisotopic (exact) mass is 325 g/mol. The van der Waals surface area contributed by atoms with Crippen molar-refractivity contribution in [2.24, 2.45) is 0 Å². The molecule has 1 fully saturated rings. The second-order valence-electron chi connectivity index (χ2n) is 6.15. The predicted octanol–water partition coefficient (Wildman–Crippen LogP) is 3.32. The molecule has 0 spiro atoms. The molecule has 0 atom stereocenters. The topological polar surface area (TPSA) is 54.5 Å². The highest BCUT2D eigenvalue weighted by Crippen LogP contribution is 2.22. The number of ether oxygens (including phenoxy) is 1. The third-order valence-electron chi connectivity index (χ3n) is 4.17. The van der Waals surface area contributed by atoms with E-state index in [0.29, 0.717) is 5.75 Å². The van der Waals surface area contributed by atoms with Gasteiger partial charge < -0.3 is 15.0 Å². The van der Waals surface area contributed by atoms with Gasteiger partial charge in [0, 0.05) is 13.1 Å². The van der Waals surface area contributed by atoms with Crippen LogP contribution in [-0.2, 0) is 4.79 Å². The van der Waals surface area contributed by atoms with Crippen LogP contribution in [0.3, 0.4) is 0 Å². The SMILES string of the molecule is Cc1ccc(OCC(=O)Nc2ccc(N3CCCC3)nc2C)cc1. The van der Waals surface area contributed by atoms with Gasteiger partial charge in [-0.1, -0.05) is 17.7 Å². The van der Waals surface area contributed by atoms with Gasteiger partial charge in [0.05, 0.1) is 11.4 Å². The van der Waals surface area contributed by atoms with Crippen LogP contribution in [0.15, 0.2) is 36.4 Å². The highest BCUT2D eigenvalue weighted by Gasteiger charge is 2.15. The normalized spacial score (nSPS) is 13.8. The molecule has 5 heteroatoms. The first kappa shape index (κ1) is 16.3. The number of anilines is 2. The average molecular weight is 325 g/mol. The van der Waals surface area contributed by atoms with Crippen molar-refractivity contribution in [3.05, 3.63) is 47.7 Å². The first-order valence-electron chi connectivity index (χ1n) is 8.34. The minimum atomic E-state index is -0.186. The van der Waals surface area contributed by atoms with E-state index >= 15 is 0 Å². The Labute approximate surface area is 142 Å². The Morgan fingerprint density at radius 3 is 2.50 bits per heavy atom. The van der Waals surface area contributed by atoms with Crippen molar-refractivity contribution < 1.29 is 9.53 Å². The molecule has 0 radical (unpaired) electrons. The van der Waals surface area contributed by atoms with E-state index in [0.717, 1.165) is 35.9 Å². The summed E-state index contributed by atoms with van der Waals surface area (Å²) in [6, 6.07) is 11.5. The van der Waals surface area contributed by atoms with Crippen LogP contribution in [0.25, 0.3) is 0 Å². The van der Waals surface area contributed by atoms with Crippen LogP contribution in [0.1, 0.15) is 24.1 Å². The van der Waals surface area contributed by atoms with Crippen molar-refractivity contribution >= 4 is 17.4 Å². The minimum Gasteiger partial charge on any atom is -0.484 e. The van der Waals surface area contributed by atoms with Crippen molar-refractivity contribution in [1.82, 2.24) is 4.98 Å². The maximum atomic E-state index is 12.1. The number of nitrogens with zero attached hydrogens (tertiary/aromatic N) is 2. The van der Waals surface area contributed by atoms with Gasteiger partial charge in [-0.25, -0.2) is 4.98 Å². The lowest BCUT2D eigenvalue weighted by Gasteiger charge is -2.18. The lowest BCUT2D eigenvalue weighted by atomic mass is 10.2. The highest BCUT2D eigenvalue weighted by atomic mass is 16.5. The molecule has 1 N–H and O–H groups in total. The van der Waals surface area contributed by atoms with Crippen LogP contribution in [0.4, 0.5) is 11.5 Å². The van der Waals surface area contributed by atoms with Crippen LogP contribution in [-0.4, -0.2) is 30.6 Å². The molecular weight excluding hydrogens is 302 g/mol. The number of hydrogen-bond acceptors (Lipinski definition) is 4. The molecule has 24 heavy (non-hydrogen) atoms. The summed E-state index contributed by atoms with van der Waals surface area (Å²) in [5.41, 5.74) is 2.71. The smallest absolute Gasteiger partial charge is 0.262 e. The maximum Gasteiger partial charge on any atom is 0.262 e.